The number of nitrogens with one attached hydrogen (secondary N) is 1. The molecule has 0 atom stereocenters. The number of rotatable bonds is 1. The number of H-pyrrole nitrogens is 1. The normalized spacial score (nSPS) is 11.0. The van der Waals surface area contributed by atoms with E-state index in [9.17, 15) is 14.4 Å². The summed E-state index contributed by atoms with van der Waals surface area (Å²) in [4.78, 5) is 41.9. The Bertz CT molecular complexity index is 1560. The van der Waals surface area contributed by atoms with Gasteiger partial charge in [-0.1, -0.05) is 36.1 Å². The highest BCUT2D eigenvalue weighted by Gasteiger charge is 2.17. The van der Waals surface area contributed by atoms with Gasteiger partial charge >= 0.3 is 11.1 Å². The quantitative estimate of drug-likeness (QED) is 0.279. The largest absolute Gasteiger partial charge is 0.324 e. The van der Waals surface area contributed by atoms with Crippen LogP contribution in [0, 0.1) is 11.8 Å². The zero-order chi connectivity index (χ0) is 19.3. The number of pyridine rings is 2. The first-order valence-electron chi connectivity index (χ1n) is 8.54. The van der Waals surface area contributed by atoms with Gasteiger partial charge in [-0.15, -0.1) is 0 Å². The van der Waals surface area contributed by atoms with E-state index in [2.05, 4.69) is 21.8 Å². The predicted molar refractivity (Wildman–Crippen MR) is 107 cm³/mol. The number of aromatic amines is 1. The van der Waals surface area contributed by atoms with Crippen molar-refractivity contribution in [1.82, 2.24) is 14.5 Å². The Kier molecular flexibility index (Phi) is 3.36. The van der Waals surface area contributed by atoms with Gasteiger partial charge in [-0.05, 0) is 35.7 Å². The fourth-order valence-electron chi connectivity index (χ4n) is 3.24. The van der Waals surface area contributed by atoms with Crippen LogP contribution in [0.2, 0.25) is 0 Å². The lowest BCUT2D eigenvalue weighted by molar-refractivity contribution is 1.17. The maximum atomic E-state index is 12.3. The summed E-state index contributed by atoms with van der Waals surface area (Å²) in [5.41, 5.74) is 1.16. The van der Waals surface area contributed by atoms with Crippen molar-refractivity contribution >= 4 is 21.8 Å². The minimum Gasteiger partial charge on any atom is -0.306 e. The maximum Gasteiger partial charge on any atom is 0.324 e. The Labute approximate surface area is 157 Å². The average molecular weight is 365 g/mol. The van der Waals surface area contributed by atoms with Gasteiger partial charge in [0.1, 0.15) is 5.65 Å². The first-order chi connectivity index (χ1) is 13.6. The van der Waals surface area contributed by atoms with Gasteiger partial charge in [-0.3, -0.25) is 14.4 Å². The Hall–Kier alpha value is -4.24. The van der Waals surface area contributed by atoms with Gasteiger partial charge in [-0.2, -0.15) is 0 Å². The summed E-state index contributed by atoms with van der Waals surface area (Å²) in [6, 6.07) is 16.0. The van der Waals surface area contributed by atoms with Crippen LogP contribution < -0.4 is 16.7 Å². The van der Waals surface area contributed by atoms with Gasteiger partial charge in [0.15, 0.2) is 0 Å². The van der Waals surface area contributed by atoms with Crippen molar-refractivity contribution < 1.29 is 0 Å². The molecule has 0 saturated carbocycles. The third kappa shape index (κ3) is 2.46. The second-order valence-corrected chi connectivity index (χ2v) is 6.33. The highest BCUT2D eigenvalue weighted by Crippen LogP contribution is 2.22. The first-order valence-corrected chi connectivity index (χ1v) is 8.54. The number of hydrogen-bond acceptors (Lipinski definition) is 4. The topological polar surface area (TPSA) is 84.8 Å². The zero-order valence-corrected chi connectivity index (χ0v) is 14.4. The fourth-order valence-corrected chi connectivity index (χ4v) is 3.24. The molecule has 2 aromatic carbocycles. The molecule has 1 N–H and O–H groups in total. The van der Waals surface area contributed by atoms with Gasteiger partial charge in [0, 0.05) is 28.1 Å². The molecule has 0 radical (unpaired) electrons. The minimum absolute atomic E-state index is 0.193. The molecule has 0 spiro atoms. The molecule has 5 rings (SSSR count). The molecule has 0 aliphatic heterocycles. The van der Waals surface area contributed by atoms with Gasteiger partial charge in [-0.25, -0.2) is 9.55 Å². The lowest BCUT2D eigenvalue weighted by Gasteiger charge is -2.04. The molecular formula is C22H11N3O3. The zero-order valence-electron chi connectivity index (χ0n) is 14.4. The van der Waals surface area contributed by atoms with Crippen LogP contribution in [0.5, 0.6) is 0 Å². The summed E-state index contributed by atoms with van der Waals surface area (Å²) in [6.45, 7) is 0. The SMILES string of the molecule is O=c1[nH]c2nccc(C#Cc3cccc(-n4c(=O)c4=O)c3)c2c2ccccc12. The van der Waals surface area contributed by atoms with E-state index < -0.39 is 11.1 Å². The van der Waals surface area contributed by atoms with E-state index in [0.717, 1.165) is 20.9 Å². The minimum atomic E-state index is -0.513. The highest BCUT2D eigenvalue weighted by molar-refractivity contribution is 6.06. The van der Waals surface area contributed by atoms with Crippen molar-refractivity contribution in [2.45, 2.75) is 0 Å². The molecule has 0 unspecified atom stereocenters. The van der Waals surface area contributed by atoms with Crippen molar-refractivity contribution in [1.29, 1.82) is 0 Å². The van der Waals surface area contributed by atoms with Crippen molar-refractivity contribution in [3.8, 4) is 17.5 Å². The molecule has 3 heterocycles. The molecular weight excluding hydrogens is 354 g/mol. The molecule has 0 aliphatic carbocycles. The lowest BCUT2D eigenvalue weighted by Crippen LogP contribution is -2.07. The van der Waals surface area contributed by atoms with E-state index >= 15 is 0 Å². The first kappa shape index (κ1) is 16.0. The van der Waals surface area contributed by atoms with Crippen LogP contribution in [-0.4, -0.2) is 14.5 Å². The maximum absolute atomic E-state index is 12.3. The van der Waals surface area contributed by atoms with E-state index in [4.69, 9.17) is 0 Å². The van der Waals surface area contributed by atoms with E-state index in [1.54, 1.807) is 42.6 Å². The number of benzene rings is 2. The molecule has 132 valence electrons. The summed E-state index contributed by atoms with van der Waals surface area (Å²) in [5.74, 6) is 6.19. The Morgan fingerprint density at radius 1 is 0.857 bits per heavy atom. The molecule has 3 aromatic heterocycles. The van der Waals surface area contributed by atoms with Crippen molar-refractivity contribution in [3.63, 3.8) is 0 Å². The van der Waals surface area contributed by atoms with E-state index in [1.807, 2.05) is 18.2 Å². The van der Waals surface area contributed by atoms with E-state index in [-0.39, 0.29) is 5.56 Å². The molecule has 6 heteroatoms. The van der Waals surface area contributed by atoms with E-state index in [1.165, 1.54) is 0 Å². The summed E-state index contributed by atoms with van der Waals surface area (Å²) in [6.07, 6.45) is 1.60. The molecule has 28 heavy (non-hydrogen) atoms. The monoisotopic (exact) mass is 365 g/mol. The summed E-state index contributed by atoms with van der Waals surface area (Å²) < 4.78 is 1.10. The van der Waals surface area contributed by atoms with Crippen LogP contribution >= 0.6 is 0 Å². The van der Waals surface area contributed by atoms with Crippen molar-refractivity contribution in [2.75, 3.05) is 0 Å². The fraction of sp³-hybridized carbons (Fsp3) is 0. The third-order valence-electron chi connectivity index (χ3n) is 4.61. The molecule has 5 aromatic rings. The van der Waals surface area contributed by atoms with Crippen LogP contribution in [0.25, 0.3) is 27.5 Å². The molecule has 0 bridgehead atoms. The van der Waals surface area contributed by atoms with Gasteiger partial charge in [0.2, 0.25) is 0 Å². The standard InChI is InChI=1S/C22H11N3O3/c26-20-17-7-2-1-6-16(17)18-14(10-11-23-19(18)24-20)9-8-13-4-3-5-15(12-13)25-21(27)22(25)28/h1-7,10-12H,(H,23,24,26). The number of aromatic nitrogens is 3. The van der Waals surface area contributed by atoms with Crippen LogP contribution in [0.3, 0.4) is 0 Å². The molecule has 6 nitrogen and oxygen atoms in total. The van der Waals surface area contributed by atoms with Crippen LogP contribution in [0.4, 0.5) is 0 Å². The lowest BCUT2D eigenvalue weighted by atomic mass is 10.0. The summed E-state index contributed by atoms with van der Waals surface area (Å²) >= 11 is 0. The Balaban J connectivity index is 1.69. The summed E-state index contributed by atoms with van der Waals surface area (Å²) in [7, 11) is 0. The van der Waals surface area contributed by atoms with Gasteiger partial charge in [0.25, 0.3) is 5.56 Å². The van der Waals surface area contributed by atoms with Crippen LogP contribution in [0.15, 0.2) is 75.2 Å². The van der Waals surface area contributed by atoms with Crippen molar-refractivity contribution in [2.24, 2.45) is 0 Å². The number of nitrogens with zero attached hydrogens (tertiary/aromatic N) is 2. The summed E-state index contributed by atoms with van der Waals surface area (Å²) in [5, 5.41) is 2.14. The molecule has 0 amide bonds. The predicted octanol–water partition coefficient (Wildman–Crippen LogP) is 1.86. The van der Waals surface area contributed by atoms with Crippen molar-refractivity contribution in [3.05, 3.63) is 103 Å². The molecule has 0 aliphatic rings. The van der Waals surface area contributed by atoms with Crippen LogP contribution in [-0.2, 0) is 0 Å². The molecule has 0 saturated heterocycles. The number of hydrogen-bond donors (Lipinski definition) is 1. The second kappa shape index (κ2) is 5.89. The highest BCUT2D eigenvalue weighted by atomic mass is 16.2. The van der Waals surface area contributed by atoms with Crippen LogP contribution in [0.1, 0.15) is 11.1 Å². The molecule has 0 fully saturated rings. The number of fused-ring (bicyclic) bond motifs is 3. The Morgan fingerprint density at radius 2 is 1.64 bits per heavy atom. The smallest absolute Gasteiger partial charge is 0.306 e. The third-order valence-corrected chi connectivity index (χ3v) is 4.61. The second-order valence-electron chi connectivity index (χ2n) is 6.33. The van der Waals surface area contributed by atoms with Gasteiger partial charge < -0.3 is 4.98 Å². The Morgan fingerprint density at radius 3 is 2.43 bits per heavy atom. The van der Waals surface area contributed by atoms with Gasteiger partial charge in [0.05, 0.1) is 5.69 Å². The average Bonchev–Trinajstić information content (AvgIpc) is 3.32. The van der Waals surface area contributed by atoms with E-state index in [0.29, 0.717) is 22.3 Å².